The Morgan fingerprint density at radius 2 is 1.44 bits per heavy atom. The fraction of sp³-hybridized carbons (Fsp3) is 0.526. The number of hydrogen-bond donors (Lipinski definition) is 0. The zero-order chi connectivity index (χ0) is 18.4. The summed E-state index contributed by atoms with van der Waals surface area (Å²) in [6, 6.07) is 9.17. The molecule has 0 saturated heterocycles. The van der Waals surface area contributed by atoms with Crippen molar-refractivity contribution in [2.45, 2.75) is 33.1 Å². The van der Waals surface area contributed by atoms with Crippen LogP contribution in [0.1, 0.15) is 38.7 Å². The lowest BCUT2D eigenvalue weighted by molar-refractivity contribution is -0.198. The van der Waals surface area contributed by atoms with Gasteiger partial charge in [-0.3, -0.25) is 14.4 Å². The molecule has 1 saturated carbocycles. The standard InChI is InChI=1S/C19H24O6/c1-4-23-16(20)15-12-14(13-10-8-7-9-11-13)19(15,17(21)24-5-2)18(22)25-6-3/h7-11,14-15H,4-6,12H2,1-3H3/t14-,15+/m1/s1. The van der Waals surface area contributed by atoms with E-state index in [4.69, 9.17) is 14.2 Å². The molecule has 0 radical (unpaired) electrons. The first-order valence-electron chi connectivity index (χ1n) is 8.59. The van der Waals surface area contributed by atoms with Crippen LogP contribution in [0.25, 0.3) is 0 Å². The minimum Gasteiger partial charge on any atom is -0.466 e. The molecule has 0 aliphatic heterocycles. The summed E-state index contributed by atoms with van der Waals surface area (Å²) in [4.78, 5) is 38.1. The molecule has 2 rings (SSSR count). The maximum atomic E-state index is 12.8. The number of carbonyl (C=O) groups is 3. The van der Waals surface area contributed by atoms with Crippen molar-refractivity contribution in [1.82, 2.24) is 0 Å². The van der Waals surface area contributed by atoms with E-state index in [0.29, 0.717) is 6.42 Å². The van der Waals surface area contributed by atoms with Crippen molar-refractivity contribution in [2.24, 2.45) is 11.3 Å². The molecule has 1 aromatic rings. The van der Waals surface area contributed by atoms with Crippen LogP contribution in [0, 0.1) is 11.3 Å². The van der Waals surface area contributed by atoms with Gasteiger partial charge in [-0.2, -0.15) is 0 Å². The lowest BCUT2D eigenvalue weighted by atomic mass is 9.50. The second kappa shape index (κ2) is 8.14. The average molecular weight is 348 g/mol. The second-order valence-corrected chi connectivity index (χ2v) is 5.81. The van der Waals surface area contributed by atoms with E-state index >= 15 is 0 Å². The molecule has 1 fully saturated rings. The third-order valence-corrected chi connectivity index (χ3v) is 4.57. The summed E-state index contributed by atoms with van der Waals surface area (Å²) in [7, 11) is 0. The molecule has 25 heavy (non-hydrogen) atoms. The molecule has 136 valence electrons. The minimum absolute atomic E-state index is 0.108. The van der Waals surface area contributed by atoms with Gasteiger partial charge >= 0.3 is 17.9 Å². The Balaban J connectivity index is 2.51. The first-order chi connectivity index (χ1) is 12.0. The Morgan fingerprint density at radius 3 is 1.92 bits per heavy atom. The number of hydrogen-bond acceptors (Lipinski definition) is 6. The van der Waals surface area contributed by atoms with E-state index in [1.807, 2.05) is 30.3 Å². The Bertz CT molecular complexity index is 606. The van der Waals surface area contributed by atoms with Crippen LogP contribution in [-0.2, 0) is 28.6 Å². The second-order valence-electron chi connectivity index (χ2n) is 5.81. The van der Waals surface area contributed by atoms with Gasteiger partial charge in [-0.05, 0) is 32.8 Å². The van der Waals surface area contributed by atoms with Crippen LogP contribution in [-0.4, -0.2) is 37.7 Å². The third-order valence-electron chi connectivity index (χ3n) is 4.57. The Morgan fingerprint density at radius 1 is 0.920 bits per heavy atom. The summed E-state index contributed by atoms with van der Waals surface area (Å²) in [6.45, 7) is 5.39. The number of ether oxygens (including phenoxy) is 3. The van der Waals surface area contributed by atoms with Crippen LogP contribution in [0.5, 0.6) is 0 Å². The molecular formula is C19H24O6. The van der Waals surface area contributed by atoms with Crippen molar-refractivity contribution in [3.8, 4) is 0 Å². The van der Waals surface area contributed by atoms with Crippen molar-refractivity contribution < 1.29 is 28.6 Å². The fourth-order valence-corrected chi connectivity index (χ4v) is 3.45. The number of carbonyl (C=O) groups excluding carboxylic acids is 3. The van der Waals surface area contributed by atoms with Gasteiger partial charge in [0.15, 0.2) is 5.41 Å². The predicted molar refractivity (Wildman–Crippen MR) is 89.6 cm³/mol. The van der Waals surface area contributed by atoms with E-state index in [1.165, 1.54) is 0 Å². The fourth-order valence-electron chi connectivity index (χ4n) is 3.45. The Labute approximate surface area is 147 Å². The molecule has 0 spiro atoms. The molecule has 6 nitrogen and oxygen atoms in total. The van der Waals surface area contributed by atoms with Gasteiger partial charge in [0.1, 0.15) is 0 Å². The van der Waals surface area contributed by atoms with Gasteiger partial charge in [-0.25, -0.2) is 0 Å². The maximum absolute atomic E-state index is 12.8. The summed E-state index contributed by atoms with van der Waals surface area (Å²) in [5.74, 6) is -3.43. The van der Waals surface area contributed by atoms with E-state index < -0.39 is 35.2 Å². The van der Waals surface area contributed by atoms with Crippen molar-refractivity contribution in [2.75, 3.05) is 19.8 Å². The highest BCUT2D eigenvalue weighted by atomic mass is 16.6. The van der Waals surface area contributed by atoms with Gasteiger partial charge < -0.3 is 14.2 Å². The van der Waals surface area contributed by atoms with Gasteiger partial charge in [0.25, 0.3) is 0 Å². The van der Waals surface area contributed by atoms with Gasteiger partial charge in [0, 0.05) is 5.92 Å². The first kappa shape index (κ1) is 19.0. The third kappa shape index (κ3) is 3.25. The van der Waals surface area contributed by atoms with Crippen molar-refractivity contribution in [3.63, 3.8) is 0 Å². The number of rotatable bonds is 7. The Kier molecular flexibility index (Phi) is 6.17. The lowest BCUT2D eigenvalue weighted by Crippen LogP contribution is -2.62. The topological polar surface area (TPSA) is 78.9 Å². The monoisotopic (exact) mass is 348 g/mol. The highest BCUT2D eigenvalue weighted by Gasteiger charge is 2.70. The summed E-state index contributed by atoms with van der Waals surface area (Å²) in [6.07, 6.45) is 0.334. The zero-order valence-electron chi connectivity index (χ0n) is 14.8. The highest BCUT2D eigenvalue weighted by Crippen LogP contribution is 2.59. The minimum atomic E-state index is -1.69. The van der Waals surface area contributed by atoms with E-state index in [-0.39, 0.29) is 19.8 Å². The van der Waals surface area contributed by atoms with Crippen LogP contribution in [0.2, 0.25) is 0 Å². The molecule has 0 bridgehead atoms. The zero-order valence-corrected chi connectivity index (χ0v) is 14.8. The van der Waals surface area contributed by atoms with Crippen LogP contribution in [0.4, 0.5) is 0 Å². The highest BCUT2D eigenvalue weighted by molar-refractivity contribution is 6.07. The SMILES string of the molecule is CCOC(=O)[C@@H]1C[C@H](c2ccccc2)C1(C(=O)OCC)C(=O)OCC. The smallest absolute Gasteiger partial charge is 0.325 e. The average Bonchev–Trinajstić information content (AvgIpc) is 2.56. The van der Waals surface area contributed by atoms with Gasteiger partial charge in [-0.1, -0.05) is 30.3 Å². The molecule has 0 aromatic heterocycles. The molecule has 0 heterocycles. The lowest BCUT2D eigenvalue weighted by Gasteiger charge is -2.50. The van der Waals surface area contributed by atoms with E-state index in [2.05, 4.69) is 0 Å². The number of benzene rings is 1. The van der Waals surface area contributed by atoms with Crippen molar-refractivity contribution >= 4 is 17.9 Å². The number of esters is 3. The van der Waals surface area contributed by atoms with Crippen LogP contribution in [0.3, 0.4) is 0 Å². The van der Waals surface area contributed by atoms with Gasteiger partial charge in [0.05, 0.1) is 25.7 Å². The van der Waals surface area contributed by atoms with Gasteiger partial charge in [0.2, 0.25) is 0 Å². The molecule has 1 aliphatic carbocycles. The molecular weight excluding hydrogens is 324 g/mol. The van der Waals surface area contributed by atoms with E-state index in [1.54, 1.807) is 20.8 Å². The summed E-state index contributed by atoms with van der Waals surface area (Å²) in [5, 5.41) is 0. The summed E-state index contributed by atoms with van der Waals surface area (Å²) < 4.78 is 15.4. The first-order valence-corrected chi connectivity index (χ1v) is 8.59. The molecule has 0 amide bonds. The molecule has 2 atom stereocenters. The maximum Gasteiger partial charge on any atom is 0.325 e. The predicted octanol–water partition coefficient (Wildman–Crippen LogP) is 2.47. The molecule has 1 aromatic carbocycles. The van der Waals surface area contributed by atoms with Crippen LogP contribution >= 0.6 is 0 Å². The summed E-state index contributed by atoms with van der Waals surface area (Å²) >= 11 is 0. The molecule has 0 unspecified atom stereocenters. The Hall–Kier alpha value is -2.37. The van der Waals surface area contributed by atoms with Crippen LogP contribution < -0.4 is 0 Å². The summed E-state index contributed by atoms with van der Waals surface area (Å²) in [5.41, 5.74) is -0.899. The molecule has 6 heteroatoms. The molecule has 1 aliphatic rings. The quantitative estimate of drug-likeness (QED) is 0.428. The van der Waals surface area contributed by atoms with Gasteiger partial charge in [-0.15, -0.1) is 0 Å². The largest absolute Gasteiger partial charge is 0.466 e. The molecule has 0 N–H and O–H groups in total. The van der Waals surface area contributed by atoms with Crippen LogP contribution in [0.15, 0.2) is 30.3 Å². The van der Waals surface area contributed by atoms with E-state index in [9.17, 15) is 14.4 Å². The van der Waals surface area contributed by atoms with Crippen molar-refractivity contribution in [1.29, 1.82) is 0 Å². The van der Waals surface area contributed by atoms with E-state index in [0.717, 1.165) is 5.56 Å². The normalized spacial score (nSPS) is 20.9. The van der Waals surface area contributed by atoms with Crippen molar-refractivity contribution in [3.05, 3.63) is 35.9 Å².